The fraction of sp³-hybridized carbons (Fsp3) is 0.944. The molecule has 0 heterocycles. The number of nitrogens with zero attached hydrogens (tertiary/aromatic N) is 1. The Labute approximate surface area is 256 Å². The highest BCUT2D eigenvalue weighted by Crippen LogP contribution is 2.14. The van der Waals surface area contributed by atoms with E-state index in [2.05, 4.69) is 19.2 Å². The van der Waals surface area contributed by atoms with Crippen molar-refractivity contribution in [3.05, 3.63) is 0 Å². The summed E-state index contributed by atoms with van der Waals surface area (Å²) in [6, 6.07) is 0. The van der Waals surface area contributed by atoms with E-state index < -0.39 is 0 Å². The molecule has 5 nitrogen and oxygen atoms in total. The normalized spacial score (nSPS) is 11.2. The first-order valence-corrected chi connectivity index (χ1v) is 18.3. The van der Waals surface area contributed by atoms with Crippen molar-refractivity contribution in [3.63, 3.8) is 0 Å². The van der Waals surface area contributed by atoms with Crippen LogP contribution in [0, 0.1) is 0 Å². The number of unbranched alkanes of at least 4 members (excludes halogenated alkanes) is 24. The lowest BCUT2D eigenvalue weighted by Crippen LogP contribution is -2.40. The van der Waals surface area contributed by atoms with Gasteiger partial charge in [0.1, 0.15) is 0 Å². The van der Waals surface area contributed by atoms with E-state index in [1.807, 2.05) is 0 Å². The first-order chi connectivity index (χ1) is 20.2. The number of nitrogens with one attached hydrogen (secondary N) is 1. The zero-order chi connectivity index (χ0) is 30.1. The van der Waals surface area contributed by atoms with E-state index in [0.29, 0.717) is 32.5 Å². The molecule has 0 aromatic rings. The molecule has 0 saturated carbocycles. The molecule has 0 unspecified atom stereocenters. The summed E-state index contributed by atoms with van der Waals surface area (Å²) in [6.45, 7) is 5.82. The third kappa shape index (κ3) is 30.2. The number of aliphatic hydroxyl groups excluding tert-OH is 1. The molecule has 0 aliphatic heterocycles. The van der Waals surface area contributed by atoms with E-state index in [-0.39, 0.29) is 18.4 Å². The standard InChI is InChI=1S/C36H72N2O3/c1-3-5-7-9-11-13-15-17-19-21-23-25-27-29-35(40)37-31-32-38(33-34-39)36(41)30-28-26-24-22-20-18-16-14-12-10-8-6-4-2/h39H,3-34H2,1-2H3,(H,37,40). The summed E-state index contributed by atoms with van der Waals surface area (Å²) in [5.74, 6) is 0.189. The molecule has 0 fully saturated rings. The molecule has 0 aromatic carbocycles. The Hall–Kier alpha value is -1.10. The van der Waals surface area contributed by atoms with Crippen molar-refractivity contribution in [1.82, 2.24) is 10.2 Å². The number of hydrogen-bond donors (Lipinski definition) is 2. The van der Waals surface area contributed by atoms with E-state index in [1.165, 1.54) is 141 Å². The molecule has 0 radical (unpaired) electrons. The monoisotopic (exact) mass is 581 g/mol. The van der Waals surface area contributed by atoms with Gasteiger partial charge in [-0.25, -0.2) is 0 Å². The minimum absolute atomic E-state index is 0.0305. The number of rotatable bonds is 33. The Bertz CT molecular complexity index is 555. The molecular weight excluding hydrogens is 508 g/mol. The molecule has 0 aliphatic carbocycles. The Kier molecular flexibility index (Phi) is 32.5. The van der Waals surface area contributed by atoms with Crippen molar-refractivity contribution in [2.75, 3.05) is 26.2 Å². The van der Waals surface area contributed by atoms with Crippen LogP contribution in [0.3, 0.4) is 0 Å². The van der Waals surface area contributed by atoms with Crippen LogP contribution in [-0.2, 0) is 9.59 Å². The van der Waals surface area contributed by atoms with Crippen LogP contribution in [0.1, 0.15) is 194 Å². The second kappa shape index (κ2) is 33.4. The molecule has 0 aromatic heterocycles. The van der Waals surface area contributed by atoms with Gasteiger partial charge >= 0.3 is 0 Å². The van der Waals surface area contributed by atoms with Gasteiger partial charge in [-0.15, -0.1) is 0 Å². The van der Waals surface area contributed by atoms with Crippen LogP contribution >= 0.6 is 0 Å². The van der Waals surface area contributed by atoms with Crippen LogP contribution in [0.5, 0.6) is 0 Å². The van der Waals surface area contributed by atoms with Gasteiger partial charge in [0.2, 0.25) is 11.8 Å². The molecule has 0 spiro atoms. The maximum atomic E-state index is 12.6. The molecule has 0 rings (SSSR count). The van der Waals surface area contributed by atoms with E-state index in [9.17, 15) is 14.7 Å². The molecule has 0 bridgehead atoms. The summed E-state index contributed by atoms with van der Waals surface area (Å²) in [5, 5.41) is 12.4. The molecule has 0 saturated heterocycles. The van der Waals surface area contributed by atoms with Crippen molar-refractivity contribution in [2.24, 2.45) is 0 Å². The van der Waals surface area contributed by atoms with Crippen LogP contribution in [0.4, 0.5) is 0 Å². The summed E-state index contributed by atoms with van der Waals surface area (Å²) < 4.78 is 0. The van der Waals surface area contributed by atoms with Crippen molar-refractivity contribution < 1.29 is 14.7 Å². The van der Waals surface area contributed by atoms with E-state index >= 15 is 0 Å². The average Bonchev–Trinajstić information content (AvgIpc) is 2.97. The van der Waals surface area contributed by atoms with Crippen molar-refractivity contribution >= 4 is 11.8 Å². The highest BCUT2D eigenvalue weighted by molar-refractivity contribution is 5.77. The van der Waals surface area contributed by atoms with Gasteiger partial charge in [0.05, 0.1) is 6.61 Å². The minimum atomic E-state index is -0.0305. The third-order valence-electron chi connectivity index (χ3n) is 8.43. The lowest BCUT2D eigenvalue weighted by Gasteiger charge is -2.22. The third-order valence-corrected chi connectivity index (χ3v) is 8.43. The smallest absolute Gasteiger partial charge is 0.222 e. The zero-order valence-corrected chi connectivity index (χ0v) is 27.8. The SMILES string of the molecule is CCCCCCCCCCCCCCCC(=O)NCCN(CCO)C(=O)CCCCCCCCCCCCCCC. The maximum absolute atomic E-state index is 12.6. The average molecular weight is 581 g/mol. The first-order valence-electron chi connectivity index (χ1n) is 18.3. The van der Waals surface area contributed by atoms with Crippen LogP contribution < -0.4 is 5.32 Å². The molecule has 244 valence electrons. The number of aliphatic hydroxyl groups is 1. The molecule has 41 heavy (non-hydrogen) atoms. The van der Waals surface area contributed by atoms with Gasteiger partial charge in [-0.05, 0) is 12.8 Å². The van der Waals surface area contributed by atoms with Crippen molar-refractivity contribution in [3.8, 4) is 0 Å². The van der Waals surface area contributed by atoms with Crippen LogP contribution in [0.25, 0.3) is 0 Å². The Morgan fingerprint density at radius 1 is 0.488 bits per heavy atom. The number of amides is 2. The van der Waals surface area contributed by atoms with Crippen molar-refractivity contribution in [1.29, 1.82) is 0 Å². The summed E-state index contributed by atoms with van der Waals surface area (Å²) in [5.41, 5.74) is 0. The summed E-state index contributed by atoms with van der Waals surface area (Å²) in [4.78, 5) is 26.5. The zero-order valence-electron chi connectivity index (χ0n) is 27.8. The summed E-state index contributed by atoms with van der Waals surface area (Å²) in [7, 11) is 0. The maximum Gasteiger partial charge on any atom is 0.222 e. The van der Waals surface area contributed by atoms with Gasteiger partial charge < -0.3 is 15.3 Å². The quantitative estimate of drug-likeness (QED) is 0.0759. The van der Waals surface area contributed by atoms with Crippen LogP contribution in [-0.4, -0.2) is 48.1 Å². The van der Waals surface area contributed by atoms with E-state index in [1.54, 1.807) is 4.90 Å². The lowest BCUT2D eigenvalue weighted by atomic mass is 10.0. The Balaban J connectivity index is 3.63. The Morgan fingerprint density at radius 3 is 1.20 bits per heavy atom. The van der Waals surface area contributed by atoms with Gasteiger partial charge in [0.25, 0.3) is 0 Å². The van der Waals surface area contributed by atoms with Gasteiger partial charge in [0.15, 0.2) is 0 Å². The summed E-state index contributed by atoms with van der Waals surface area (Å²) >= 11 is 0. The first kappa shape index (κ1) is 39.9. The highest BCUT2D eigenvalue weighted by atomic mass is 16.3. The molecule has 0 aliphatic rings. The molecule has 5 heteroatoms. The van der Waals surface area contributed by atoms with E-state index in [4.69, 9.17) is 0 Å². The lowest BCUT2D eigenvalue weighted by molar-refractivity contribution is -0.132. The number of carbonyl (C=O) groups excluding carboxylic acids is 2. The van der Waals surface area contributed by atoms with Gasteiger partial charge in [-0.2, -0.15) is 0 Å². The Morgan fingerprint density at radius 2 is 0.829 bits per heavy atom. The fourth-order valence-electron chi connectivity index (χ4n) is 5.66. The predicted molar refractivity (Wildman–Crippen MR) is 177 cm³/mol. The predicted octanol–water partition coefficient (Wildman–Crippen LogP) is 9.89. The molecular formula is C36H72N2O3. The topological polar surface area (TPSA) is 69.6 Å². The van der Waals surface area contributed by atoms with Gasteiger partial charge in [-0.1, -0.05) is 168 Å². The van der Waals surface area contributed by atoms with Crippen LogP contribution in [0.2, 0.25) is 0 Å². The largest absolute Gasteiger partial charge is 0.395 e. The highest BCUT2D eigenvalue weighted by Gasteiger charge is 2.13. The van der Waals surface area contributed by atoms with Gasteiger partial charge in [0, 0.05) is 32.5 Å². The van der Waals surface area contributed by atoms with Crippen molar-refractivity contribution in [2.45, 2.75) is 194 Å². The molecule has 0 atom stereocenters. The molecule has 2 amide bonds. The van der Waals surface area contributed by atoms with E-state index in [0.717, 1.165) is 25.7 Å². The second-order valence-electron chi connectivity index (χ2n) is 12.4. The van der Waals surface area contributed by atoms with Crippen LogP contribution in [0.15, 0.2) is 0 Å². The minimum Gasteiger partial charge on any atom is -0.395 e. The summed E-state index contributed by atoms with van der Waals surface area (Å²) in [6.07, 6.45) is 34.9. The number of hydrogen-bond acceptors (Lipinski definition) is 3. The fourth-order valence-corrected chi connectivity index (χ4v) is 5.66. The number of carbonyl (C=O) groups is 2. The second-order valence-corrected chi connectivity index (χ2v) is 12.4. The molecule has 2 N–H and O–H groups in total. The van der Waals surface area contributed by atoms with Gasteiger partial charge in [-0.3, -0.25) is 9.59 Å².